The highest BCUT2D eigenvalue weighted by molar-refractivity contribution is 5.85. The summed E-state index contributed by atoms with van der Waals surface area (Å²) in [7, 11) is 0. The fourth-order valence-corrected chi connectivity index (χ4v) is 5.63. The van der Waals surface area contributed by atoms with Crippen LogP contribution >= 0.6 is 0 Å². The van der Waals surface area contributed by atoms with Gasteiger partial charge < -0.3 is 19.9 Å². The zero-order valence-corrected chi connectivity index (χ0v) is 18.6. The first-order valence-electron chi connectivity index (χ1n) is 11.9. The van der Waals surface area contributed by atoms with Crippen molar-refractivity contribution >= 4 is 16.9 Å². The molecule has 166 valence electrons. The molecule has 1 amide bonds. The summed E-state index contributed by atoms with van der Waals surface area (Å²) < 4.78 is 5.47. The Hall–Kier alpha value is -2.70. The molecule has 2 aromatic heterocycles. The third kappa shape index (κ3) is 3.42. The largest absolute Gasteiger partial charge is 0.381 e. The Bertz CT molecular complexity index is 1170. The number of rotatable bonds is 3. The zero-order chi connectivity index (χ0) is 21.7. The van der Waals surface area contributed by atoms with E-state index in [-0.39, 0.29) is 11.8 Å². The lowest BCUT2D eigenvalue weighted by atomic mass is 9.86. The summed E-state index contributed by atoms with van der Waals surface area (Å²) in [5.41, 5.74) is 8.60. The number of benzene rings is 1. The van der Waals surface area contributed by atoms with Crippen molar-refractivity contribution in [3.63, 3.8) is 0 Å². The number of fused-ring (bicyclic) bond motifs is 2. The standard InChI is InChI=1S/C26H30N4O2/c1-16-12-28-25-22(16)11-19(13-29-25)18-9-20-14-30(26(31)17-5-8-32-15-17)7-4-21(20)23(10-18)24-3-2-6-27-24/h9-13,17,24,27H,2-8,14-15H2,1H3,(H,28,29)/t17-,24+/m1/s1. The second-order valence-corrected chi connectivity index (χ2v) is 9.51. The van der Waals surface area contributed by atoms with Crippen LogP contribution in [0.15, 0.2) is 30.6 Å². The summed E-state index contributed by atoms with van der Waals surface area (Å²) in [4.78, 5) is 23.0. The molecule has 6 heteroatoms. The van der Waals surface area contributed by atoms with Gasteiger partial charge in [0.05, 0.1) is 12.5 Å². The Morgan fingerprint density at radius 2 is 2.16 bits per heavy atom. The van der Waals surface area contributed by atoms with Gasteiger partial charge in [-0.2, -0.15) is 0 Å². The monoisotopic (exact) mass is 430 g/mol. The minimum Gasteiger partial charge on any atom is -0.381 e. The van der Waals surface area contributed by atoms with E-state index in [0.717, 1.165) is 37.1 Å². The lowest BCUT2D eigenvalue weighted by molar-refractivity contribution is -0.136. The molecule has 2 N–H and O–H groups in total. The second-order valence-electron chi connectivity index (χ2n) is 9.51. The molecule has 0 spiro atoms. The minimum absolute atomic E-state index is 0.0267. The summed E-state index contributed by atoms with van der Waals surface area (Å²) in [5.74, 6) is 0.281. The zero-order valence-electron chi connectivity index (χ0n) is 18.6. The fraction of sp³-hybridized carbons (Fsp3) is 0.462. The van der Waals surface area contributed by atoms with Gasteiger partial charge in [0.25, 0.3) is 0 Å². The SMILES string of the molecule is Cc1c[nH]c2ncc(-c3cc4c(c([C@@H]5CCCN5)c3)CCN(C(=O)[C@@H]3CCOC3)C4)cc12. The molecule has 0 bridgehead atoms. The van der Waals surface area contributed by atoms with Crippen LogP contribution in [-0.2, 0) is 22.5 Å². The summed E-state index contributed by atoms with van der Waals surface area (Å²) in [5, 5.41) is 4.86. The van der Waals surface area contributed by atoms with E-state index in [1.54, 1.807) is 0 Å². The van der Waals surface area contributed by atoms with Gasteiger partial charge in [0.1, 0.15) is 5.65 Å². The van der Waals surface area contributed by atoms with Crippen molar-refractivity contribution in [2.45, 2.75) is 45.2 Å². The molecule has 32 heavy (non-hydrogen) atoms. The Kier molecular flexibility index (Phi) is 5.00. The molecule has 3 aliphatic rings. The molecule has 3 aromatic rings. The number of carbonyl (C=O) groups is 1. The van der Waals surface area contributed by atoms with Crippen molar-refractivity contribution in [3.05, 3.63) is 52.8 Å². The summed E-state index contributed by atoms with van der Waals surface area (Å²) >= 11 is 0. The smallest absolute Gasteiger partial charge is 0.228 e. The number of ether oxygens (including phenoxy) is 1. The van der Waals surface area contributed by atoms with Gasteiger partial charge in [0.2, 0.25) is 5.91 Å². The van der Waals surface area contributed by atoms with Crippen LogP contribution in [0.1, 0.15) is 47.6 Å². The summed E-state index contributed by atoms with van der Waals surface area (Å²) in [6.45, 7) is 5.96. The molecule has 6 rings (SSSR count). The number of nitrogens with zero attached hydrogens (tertiary/aromatic N) is 2. The molecule has 3 aliphatic heterocycles. The number of pyridine rings is 1. The van der Waals surface area contributed by atoms with Gasteiger partial charge in [0, 0.05) is 49.1 Å². The number of aryl methyl sites for hydroxylation is 1. The van der Waals surface area contributed by atoms with E-state index in [0.29, 0.717) is 25.8 Å². The average molecular weight is 431 g/mol. The van der Waals surface area contributed by atoms with Crippen LogP contribution in [0.5, 0.6) is 0 Å². The van der Waals surface area contributed by atoms with Crippen LogP contribution in [0.3, 0.4) is 0 Å². The molecule has 6 nitrogen and oxygen atoms in total. The molecule has 2 atom stereocenters. The summed E-state index contributed by atoms with van der Waals surface area (Å²) in [6.07, 6.45) is 8.14. The van der Waals surface area contributed by atoms with E-state index in [4.69, 9.17) is 4.74 Å². The molecule has 1 aromatic carbocycles. The van der Waals surface area contributed by atoms with Gasteiger partial charge in [-0.3, -0.25) is 4.79 Å². The van der Waals surface area contributed by atoms with Crippen LogP contribution in [0.25, 0.3) is 22.2 Å². The normalized spacial score (nSPS) is 23.1. The highest BCUT2D eigenvalue weighted by atomic mass is 16.5. The van der Waals surface area contributed by atoms with Crippen molar-refractivity contribution in [3.8, 4) is 11.1 Å². The van der Waals surface area contributed by atoms with Crippen molar-refractivity contribution in [2.24, 2.45) is 5.92 Å². The third-order valence-electron chi connectivity index (χ3n) is 7.47. The lowest BCUT2D eigenvalue weighted by Crippen LogP contribution is -2.40. The predicted molar refractivity (Wildman–Crippen MR) is 124 cm³/mol. The maximum atomic E-state index is 13.1. The maximum absolute atomic E-state index is 13.1. The maximum Gasteiger partial charge on any atom is 0.228 e. The van der Waals surface area contributed by atoms with E-state index in [1.165, 1.54) is 46.0 Å². The highest BCUT2D eigenvalue weighted by Gasteiger charge is 2.32. The molecule has 2 fully saturated rings. The Morgan fingerprint density at radius 1 is 1.22 bits per heavy atom. The van der Waals surface area contributed by atoms with Gasteiger partial charge in [-0.1, -0.05) is 0 Å². The number of aromatic nitrogens is 2. The molecule has 0 saturated carbocycles. The van der Waals surface area contributed by atoms with Gasteiger partial charge in [-0.15, -0.1) is 0 Å². The van der Waals surface area contributed by atoms with Crippen LogP contribution in [0.4, 0.5) is 0 Å². The van der Waals surface area contributed by atoms with Crippen LogP contribution < -0.4 is 5.32 Å². The van der Waals surface area contributed by atoms with E-state index in [9.17, 15) is 4.79 Å². The molecule has 5 heterocycles. The van der Waals surface area contributed by atoms with Gasteiger partial charge >= 0.3 is 0 Å². The molecular weight excluding hydrogens is 400 g/mol. The average Bonchev–Trinajstić information content (AvgIpc) is 3.60. The number of hydrogen-bond acceptors (Lipinski definition) is 4. The van der Waals surface area contributed by atoms with E-state index in [1.807, 2.05) is 12.4 Å². The number of aromatic amines is 1. The molecule has 0 unspecified atom stereocenters. The molecule has 0 radical (unpaired) electrons. The number of H-pyrrole nitrogens is 1. The molecular formula is C26H30N4O2. The minimum atomic E-state index is 0.0267. The topological polar surface area (TPSA) is 70.2 Å². The first kappa shape index (κ1) is 19.9. The van der Waals surface area contributed by atoms with Crippen molar-refractivity contribution < 1.29 is 9.53 Å². The summed E-state index contributed by atoms with van der Waals surface area (Å²) in [6, 6.07) is 7.31. The van der Waals surface area contributed by atoms with Crippen molar-refractivity contribution in [1.82, 2.24) is 20.2 Å². The van der Waals surface area contributed by atoms with E-state index in [2.05, 4.69) is 45.3 Å². The number of hydrogen-bond donors (Lipinski definition) is 2. The first-order chi connectivity index (χ1) is 15.7. The predicted octanol–water partition coefficient (Wildman–Crippen LogP) is 3.88. The van der Waals surface area contributed by atoms with Crippen molar-refractivity contribution in [2.75, 3.05) is 26.3 Å². The second kappa shape index (κ2) is 8.01. The van der Waals surface area contributed by atoms with E-state index < -0.39 is 0 Å². The fourth-order valence-electron chi connectivity index (χ4n) is 5.63. The van der Waals surface area contributed by atoms with Gasteiger partial charge in [-0.25, -0.2) is 4.98 Å². The number of carbonyl (C=O) groups excluding carboxylic acids is 1. The Balaban J connectivity index is 1.40. The Morgan fingerprint density at radius 3 is 2.97 bits per heavy atom. The van der Waals surface area contributed by atoms with Crippen LogP contribution in [0.2, 0.25) is 0 Å². The third-order valence-corrected chi connectivity index (χ3v) is 7.47. The van der Waals surface area contributed by atoms with Crippen LogP contribution in [0, 0.1) is 12.8 Å². The number of nitrogens with one attached hydrogen (secondary N) is 2. The highest BCUT2D eigenvalue weighted by Crippen LogP contribution is 2.36. The first-order valence-corrected chi connectivity index (χ1v) is 11.9. The molecule has 0 aliphatic carbocycles. The van der Waals surface area contributed by atoms with Crippen molar-refractivity contribution in [1.29, 1.82) is 0 Å². The van der Waals surface area contributed by atoms with Crippen LogP contribution in [-0.4, -0.2) is 47.1 Å². The molecule has 2 saturated heterocycles. The quantitative estimate of drug-likeness (QED) is 0.662. The van der Waals surface area contributed by atoms with E-state index >= 15 is 0 Å². The van der Waals surface area contributed by atoms with Gasteiger partial charge in [0.15, 0.2) is 0 Å². The number of amides is 1. The Labute approximate surface area is 188 Å². The van der Waals surface area contributed by atoms with Gasteiger partial charge in [-0.05, 0) is 85.2 Å². The lowest BCUT2D eigenvalue weighted by Gasteiger charge is -2.33.